The van der Waals surface area contributed by atoms with Crippen LogP contribution in [0.15, 0.2) is 42.7 Å². The fourth-order valence-corrected chi connectivity index (χ4v) is 4.03. The first-order valence-electron chi connectivity index (χ1n) is 9.91. The molecule has 142 valence electrons. The van der Waals surface area contributed by atoms with Gasteiger partial charge in [-0.3, -0.25) is 9.58 Å². The monoisotopic (exact) mass is 364 g/mol. The molecule has 0 unspecified atom stereocenters. The molecule has 0 atom stereocenters. The van der Waals surface area contributed by atoms with Gasteiger partial charge in [-0.15, -0.1) is 10.2 Å². The van der Waals surface area contributed by atoms with Crippen molar-refractivity contribution in [2.75, 3.05) is 13.1 Å². The number of hydrogen-bond acceptors (Lipinski definition) is 4. The van der Waals surface area contributed by atoms with E-state index in [2.05, 4.69) is 62.9 Å². The Bertz CT molecular complexity index is 859. The molecule has 1 aliphatic heterocycles. The average molecular weight is 364 g/mol. The Labute approximate surface area is 160 Å². The lowest BCUT2D eigenvalue weighted by atomic mass is 9.95. The Morgan fingerprint density at radius 1 is 1.04 bits per heavy atom. The van der Waals surface area contributed by atoms with E-state index in [0.29, 0.717) is 12.5 Å². The van der Waals surface area contributed by atoms with Gasteiger partial charge in [0.2, 0.25) is 0 Å². The molecule has 0 amide bonds. The highest BCUT2D eigenvalue weighted by molar-refractivity contribution is 5.25. The van der Waals surface area contributed by atoms with Crippen molar-refractivity contribution in [2.45, 2.75) is 52.2 Å². The smallest absolute Gasteiger partial charge is 0.154 e. The van der Waals surface area contributed by atoms with Gasteiger partial charge in [0.1, 0.15) is 12.4 Å². The summed E-state index contributed by atoms with van der Waals surface area (Å²) in [7, 11) is 0. The molecule has 1 aromatic carbocycles. The quantitative estimate of drug-likeness (QED) is 0.674. The van der Waals surface area contributed by atoms with Gasteiger partial charge >= 0.3 is 0 Å². The molecule has 0 saturated carbocycles. The number of piperidine rings is 1. The van der Waals surface area contributed by atoms with E-state index in [1.165, 1.54) is 11.1 Å². The standard InChI is InChI=1S/C21H28N6/c1-3-27-20(16-26-12-6-11-22-26)23-24-21(27)18-9-13-25(14-10-18)15-19-8-5-4-7-17(19)2/h4-8,11-12,18H,3,9-10,13-16H2,1-2H3. The van der Waals surface area contributed by atoms with Crippen LogP contribution in [0.4, 0.5) is 0 Å². The Morgan fingerprint density at radius 2 is 1.85 bits per heavy atom. The van der Waals surface area contributed by atoms with Gasteiger partial charge in [0.05, 0.1) is 0 Å². The summed E-state index contributed by atoms with van der Waals surface area (Å²) in [6.07, 6.45) is 6.06. The zero-order chi connectivity index (χ0) is 18.6. The highest BCUT2D eigenvalue weighted by atomic mass is 15.3. The van der Waals surface area contributed by atoms with Crippen molar-refractivity contribution in [3.05, 3.63) is 65.5 Å². The zero-order valence-electron chi connectivity index (χ0n) is 16.3. The Hall–Kier alpha value is -2.47. The fraction of sp³-hybridized carbons (Fsp3) is 0.476. The van der Waals surface area contributed by atoms with Gasteiger partial charge in [0, 0.05) is 31.4 Å². The molecule has 0 aliphatic carbocycles. The first-order valence-corrected chi connectivity index (χ1v) is 9.91. The van der Waals surface area contributed by atoms with Crippen LogP contribution in [0, 0.1) is 6.92 Å². The van der Waals surface area contributed by atoms with Crippen LogP contribution in [-0.4, -0.2) is 42.5 Å². The zero-order valence-corrected chi connectivity index (χ0v) is 16.3. The highest BCUT2D eigenvalue weighted by Crippen LogP contribution is 2.28. The Balaban J connectivity index is 1.41. The molecule has 0 radical (unpaired) electrons. The van der Waals surface area contributed by atoms with Crippen molar-refractivity contribution in [3.8, 4) is 0 Å². The molecule has 2 aromatic heterocycles. The topological polar surface area (TPSA) is 51.8 Å². The summed E-state index contributed by atoms with van der Waals surface area (Å²) in [5, 5.41) is 13.3. The third-order valence-electron chi connectivity index (χ3n) is 5.64. The van der Waals surface area contributed by atoms with Gasteiger partial charge in [-0.25, -0.2) is 0 Å². The molecule has 6 nitrogen and oxygen atoms in total. The lowest BCUT2D eigenvalue weighted by Gasteiger charge is -2.32. The minimum Gasteiger partial charge on any atom is -0.313 e. The summed E-state index contributed by atoms with van der Waals surface area (Å²) in [5.74, 6) is 2.64. The van der Waals surface area contributed by atoms with Gasteiger partial charge in [0.15, 0.2) is 5.82 Å². The molecule has 27 heavy (non-hydrogen) atoms. The minimum atomic E-state index is 0.497. The van der Waals surface area contributed by atoms with Gasteiger partial charge < -0.3 is 4.57 Å². The molecule has 0 N–H and O–H groups in total. The van der Waals surface area contributed by atoms with E-state index in [0.717, 1.165) is 50.7 Å². The molecular formula is C21H28N6. The number of benzene rings is 1. The number of rotatable bonds is 6. The van der Waals surface area contributed by atoms with Crippen molar-refractivity contribution < 1.29 is 0 Å². The summed E-state index contributed by atoms with van der Waals surface area (Å²) in [4.78, 5) is 2.57. The van der Waals surface area contributed by atoms with Crippen LogP contribution < -0.4 is 0 Å². The van der Waals surface area contributed by atoms with Crippen LogP contribution >= 0.6 is 0 Å². The van der Waals surface area contributed by atoms with Crippen LogP contribution in [0.25, 0.3) is 0 Å². The number of hydrogen-bond donors (Lipinski definition) is 0. The number of aromatic nitrogens is 5. The van der Waals surface area contributed by atoms with Gasteiger partial charge in [0.25, 0.3) is 0 Å². The highest BCUT2D eigenvalue weighted by Gasteiger charge is 2.26. The third-order valence-corrected chi connectivity index (χ3v) is 5.64. The van der Waals surface area contributed by atoms with Crippen molar-refractivity contribution >= 4 is 0 Å². The second-order valence-electron chi connectivity index (χ2n) is 7.40. The van der Waals surface area contributed by atoms with Crippen LogP contribution in [0.2, 0.25) is 0 Å². The Kier molecular flexibility index (Phi) is 5.34. The minimum absolute atomic E-state index is 0.497. The first kappa shape index (κ1) is 17.9. The molecule has 1 saturated heterocycles. The van der Waals surface area contributed by atoms with E-state index < -0.39 is 0 Å². The second kappa shape index (κ2) is 8.05. The molecule has 1 fully saturated rings. The van der Waals surface area contributed by atoms with E-state index >= 15 is 0 Å². The molecule has 3 aromatic rings. The number of aryl methyl sites for hydroxylation is 1. The van der Waals surface area contributed by atoms with Crippen LogP contribution in [0.3, 0.4) is 0 Å². The summed E-state index contributed by atoms with van der Waals surface area (Å²) in [6, 6.07) is 10.6. The van der Waals surface area contributed by atoms with Crippen LogP contribution in [0.1, 0.15) is 48.5 Å². The Morgan fingerprint density at radius 3 is 2.56 bits per heavy atom. The van der Waals surface area contributed by atoms with E-state index in [4.69, 9.17) is 0 Å². The second-order valence-corrected chi connectivity index (χ2v) is 7.40. The SMILES string of the molecule is CCn1c(Cn2cccn2)nnc1C1CCN(Cc2ccccc2C)CC1. The van der Waals surface area contributed by atoms with Gasteiger partial charge in [-0.05, 0) is 57.0 Å². The molecule has 3 heterocycles. The fourth-order valence-electron chi connectivity index (χ4n) is 4.03. The lowest BCUT2D eigenvalue weighted by molar-refractivity contribution is 0.199. The summed E-state index contributed by atoms with van der Waals surface area (Å²) < 4.78 is 4.19. The van der Waals surface area contributed by atoms with E-state index in [-0.39, 0.29) is 0 Å². The average Bonchev–Trinajstić information content (AvgIpc) is 3.34. The van der Waals surface area contributed by atoms with E-state index in [1.54, 1.807) is 6.20 Å². The maximum Gasteiger partial charge on any atom is 0.154 e. The van der Waals surface area contributed by atoms with E-state index in [9.17, 15) is 0 Å². The molecule has 1 aliphatic rings. The lowest BCUT2D eigenvalue weighted by Crippen LogP contribution is -2.33. The third kappa shape index (κ3) is 3.95. The molecular weight excluding hydrogens is 336 g/mol. The maximum atomic E-state index is 4.57. The summed E-state index contributed by atoms with van der Waals surface area (Å²) in [5.41, 5.74) is 2.82. The van der Waals surface area contributed by atoms with Crippen LogP contribution in [0.5, 0.6) is 0 Å². The number of nitrogens with zero attached hydrogens (tertiary/aromatic N) is 6. The molecule has 6 heteroatoms. The van der Waals surface area contributed by atoms with Gasteiger partial charge in [-0.2, -0.15) is 5.10 Å². The summed E-state index contributed by atoms with van der Waals surface area (Å²) >= 11 is 0. The van der Waals surface area contributed by atoms with Crippen molar-refractivity contribution in [1.29, 1.82) is 0 Å². The number of likely N-dealkylation sites (tertiary alicyclic amines) is 1. The first-order chi connectivity index (χ1) is 13.2. The van der Waals surface area contributed by atoms with Gasteiger partial charge in [-0.1, -0.05) is 24.3 Å². The largest absolute Gasteiger partial charge is 0.313 e. The van der Waals surface area contributed by atoms with Crippen molar-refractivity contribution in [1.82, 2.24) is 29.4 Å². The predicted octanol–water partition coefficient (Wildman–Crippen LogP) is 3.23. The van der Waals surface area contributed by atoms with Crippen molar-refractivity contribution in [3.63, 3.8) is 0 Å². The molecule has 0 spiro atoms. The van der Waals surface area contributed by atoms with Crippen LogP contribution in [-0.2, 0) is 19.6 Å². The normalized spacial score (nSPS) is 16.1. The van der Waals surface area contributed by atoms with Crippen molar-refractivity contribution in [2.24, 2.45) is 0 Å². The maximum absolute atomic E-state index is 4.57. The summed E-state index contributed by atoms with van der Waals surface area (Å²) in [6.45, 7) is 9.24. The predicted molar refractivity (Wildman–Crippen MR) is 105 cm³/mol. The molecule has 0 bridgehead atoms. The molecule has 4 rings (SSSR count). The van der Waals surface area contributed by atoms with E-state index in [1.807, 2.05) is 16.9 Å².